The molecule has 2 aromatic heterocycles. The average Bonchev–Trinajstić information content (AvgIpc) is 3.12. The third-order valence-electron chi connectivity index (χ3n) is 5.52. The minimum atomic E-state index is -0.654. The van der Waals surface area contributed by atoms with Crippen LogP contribution in [0.2, 0.25) is 5.15 Å². The van der Waals surface area contributed by atoms with Crippen molar-refractivity contribution in [2.24, 2.45) is 7.05 Å². The zero-order valence-corrected chi connectivity index (χ0v) is 18.1. The number of nitrogens with zero attached hydrogens (tertiary/aromatic N) is 5. The van der Waals surface area contributed by atoms with Gasteiger partial charge in [0.2, 0.25) is 0 Å². The van der Waals surface area contributed by atoms with E-state index >= 15 is 0 Å². The number of fused-ring (bicyclic) bond motifs is 1. The zero-order chi connectivity index (χ0) is 22.3. The van der Waals surface area contributed by atoms with Gasteiger partial charge in [-0.25, -0.2) is 14.6 Å². The molecule has 160 valence electrons. The highest BCUT2D eigenvalue weighted by molar-refractivity contribution is 6.31. The molecule has 3 aromatic rings. The van der Waals surface area contributed by atoms with Gasteiger partial charge in [-0.1, -0.05) is 11.6 Å². The minimum absolute atomic E-state index is 0.120. The first kappa shape index (κ1) is 20.8. The van der Waals surface area contributed by atoms with Crippen LogP contribution in [0.1, 0.15) is 18.9 Å². The van der Waals surface area contributed by atoms with Gasteiger partial charge in [0, 0.05) is 38.9 Å². The van der Waals surface area contributed by atoms with E-state index in [-0.39, 0.29) is 22.5 Å². The number of benzene rings is 1. The number of nitriles is 1. The Labute approximate surface area is 183 Å². The van der Waals surface area contributed by atoms with Crippen LogP contribution in [0, 0.1) is 11.3 Å². The number of nitrogens with one attached hydrogen (secondary N) is 1. The predicted octanol–water partition coefficient (Wildman–Crippen LogP) is 3.23. The maximum absolute atomic E-state index is 12.9. The highest BCUT2D eigenvalue weighted by Crippen LogP contribution is 2.28. The minimum Gasteiger partial charge on any atom is -0.441 e. The van der Waals surface area contributed by atoms with Crippen LogP contribution < -0.4 is 11.0 Å². The van der Waals surface area contributed by atoms with Gasteiger partial charge in [0.1, 0.15) is 22.4 Å². The second kappa shape index (κ2) is 7.63. The van der Waals surface area contributed by atoms with E-state index in [1.54, 1.807) is 29.3 Å². The number of aryl methyl sites for hydroxylation is 2. The summed E-state index contributed by atoms with van der Waals surface area (Å²) in [5.41, 5.74) is 2.17. The second-order valence-corrected chi connectivity index (χ2v) is 8.24. The molecule has 1 aromatic carbocycles. The van der Waals surface area contributed by atoms with Crippen LogP contribution in [0.25, 0.3) is 11.0 Å². The number of hydrogen-bond acceptors (Lipinski definition) is 6. The van der Waals surface area contributed by atoms with Crippen LogP contribution >= 0.6 is 11.6 Å². The van der Waals surface area contributed by atoms with Crippen molar-refractivity contribution >= 4 is 40.1 Å². The third-order valence-corrected chi connectivity index (χ3v) is 5.81. The number of carbonyl (C=O) groups excluding carboxylic acids is 1. The molecule has 1 atom stereocenters. The zero-order valence-electron chi connectivity index (χ0n) is 17.3. The summed E-state index contributed by atoms with van der Waals surface area (Å²) in [7, 11) is 3.41. The number of anilines is 2. The quantitative estimate of drug-likeness (QED) is 0.610. The highest BCUT2D eigenvalue weighted by Gasteiger charge is 2.39. The van der Waals surface area contributed by atoms with Gasteiger partial charge in [-0.3, -0.25) is 9.13 Å². The normalized spacial score (nSPS) is 18.3. The lowest BCUT2D eigenvalue weighted by atomic mass is 10.0. The number of rotatable bonds is 5. The Morgan fingerprint density at radius 2 is 2.06 bits per heavy atom. The van der Waals surface area contributed by atoms with E-state index in [0.29, 0.717) is 30.9 Å². The Morgan fingerprint density at radius 3 is 2.74 bits per heavy atom. The molecular formula is C21H21ClN6O3. The fourth-order valence-electron chi connectivity index (χ4n) is 3.87. The number of carbonyl (C=O) groups is 1. The fourth-order valence-corrected chi connectivity index (χ4v) is 4.07. The van der Waals surface area contributed by atoms with E-state index < -0.39 is 5.60 Å². The molecule has 0 spiro atoms. The van der Waals surface area contributed by atoms with Crippen molar-refractivity contribution in [1.29, 1.82) is 5.26 Å². The first-order valence-corrected chi connectivity index (χ1v) is 10.1. The summed E-state index contributed by atoms with van der Waals surface area (Å²) in [4.78, 5) is 30.1. The number of pyridine rings is 1. The number of imidazole rings is 1. The van der Waals surface area contributed by atoms with E-state index in [1.807, 2.05) is 31.2 Å². The summed E-state index contributed by atoms with van der Waals surface area (Å²) < 4.78 is 8.74. The van der Waals surface area contributed by atoms with Gasteiger partial charge in [-0.2, -0.15) is 5.26 Å². The summed E-state index contributed by atoms with van der Waals surface area (Å²) in [6.07, 6.45) is 1.66. The first-order valence-electron chi connectivity index (χ1n) is 9.67. The molecule has 1 amide bonds. The Morgan fingerprint density at radius 1 is 1.29 bits per heavy atom. The third kappa shape index (κ3) is 3.70. The second-order valence-electron chi connectivity index (χ2n) is 7.88. The highest BCUT2D eigenvalue weighted by atomic mass is 35.5. The standard InChI is InChI=1S/C21H21ClN6O3/c1-21(12-26(2)20(30)31-21)7-9-28-17-10-13(4-5-16(17)27(3)19(28)29)25-15-6-8-24-18(22)14(15)11-23/h4-6,8,10H,7,9,12H2,1-3H3,(H,24,25). The topological polar surface area (TPSA) is 105 Å². The van der Waals surface area contributed by atoms with Crippen LogP contribution in [-0.2, 0) is 18.3 Å². The number of ether oxygens (including phenoxy) is 1. The smallest absolute Gasteiger partial charge is 0.410 e. The van der Waals surface area contributed by atoms with Crippen LogP contribution in [0.3, 0.4) is 0 Å². The summed E-state index contributed by atoms with van der Waals surface area (Å²) in [5, 5.41) is 12.7. The van der Waals surface area contributed by atoms with E-state index in [0.717, 1.165) is 11.0 Å². The Bertz CT molecular complexity index is 1290. The van der Waals surface area contributed by atoms with E-state index in [2.05, 4.69) is 10.3 Å². The molecule has 1 saturated heterocycles. The molecule has 4 rings (SSSR count). The van der Waals surface area contributed by atoms with Gasteiger partial charge in [-0.05, 0) is 31.2 Å². The number of likely N-dealkylation sites (N-methyl/N-ethyl adjacent to an activating group) is 1. The lowest BCUT2D eigenvalue weighted by molar-refractivity contribution is 0.0614. The number of amides is 1. The van der Waals surface area contributed by atoms with Crippen molar-refractivity contribution in [3.05, 3.63) is 51.7 Å². The van der Waals surface area contributed by atoms with Crippen molar-refractivity contribution < 1.29 is 9.53 Å². The molecule has 0 radical (unpaired) electrons. The molecule has 31 heavy (non-hydrogen) atoms. The number of hydrogen-bond donors (Lipinski definition) is 1. The Kier molecular flexibility index (Phi) is 5.11. The number of aromatic nitrogens is 3. The predicted molar refractivity (Wildman–Crippen MR) is 117 cm³/mol. The molecule has 1 N–H and O–H groups in total. The van der Waals surface area contributed by atoms with Gasteiger partial charge in [0.15, 0.2) is 0 Å². The summed E-state index contributed by atoms with van der Waals surface area (Å²) in [5.74, 6) is 0. The van der Waals surface area contributed by atoms with Crippen molar-refractivity contribution in [1.82, 2.24) is 19.0 Å². The van der Waals surface area contributed by atoms with Crippen LogP contribution in [-0.4, -0.2) is 44.3 Å². The van der Waals surface area contributed by atoms with Gasteiger partial charge in [0.05, 0.1) is 23.3 Å². The molecule has 1 unspecified atom stereocenters. The summed E-state index contributed by atoms with van der Waals surface area (Å²) in [6.45, 7) is 2.73. The van der Waals surface area contributed by atoms with Gasteiger partial charge in [-0.15, -0.1) is 0 Å². The SMILES string of the molecule is CN1CC(C)(CCn2c(=O)n(C)c3ccc(Nc4ccnc(Cl)c4C#N)cc32)OC1=O. The largest absolute Gasteiger partial charge is 0.441 e. The average molecular weight is 441 g/mol. The van der Waals surface area contributed by atoms with Crippen molar-refractivity contribution in [2.45, 2.75) is 25.5 Å². The van der Waals surface area contributed by atoms with Crippen molar-refractivity contribution in [3.8, 4) is 6.07 Å². The Hall–Kier alpha value is -3.51. The van der Waals surface area contributed by atoms with E-state index in [9.17, 15) is 14.9 Å². The Balaban J connectivity index is 1.67. The van der Waals surface area contributed by atoms with Crippen molar-refractivity contribution in [2.75, 3.05) is 18.9 Å². The van der Waals surface area contributed by atoms with E-state index in [1.165, 1.54) is 11.1 Å². The van der Waals surface area contributed by atoms with Crippen molar-refractivity contribution in [3.63, 3.8) is 0 Å². The van der Waals surface area contributed by atoms with Crippen LogP contribution in [0.5, 0.6) is 0 Å². The van der Waals surface area contributed by atoms with Gasteiger partial charge in [0.25, 0.3) is 0 Å². The molecule has 0 aliphatic carbocycles. The molecule has 10 heteroatoms. The first-order chi connectivity index (χ1) is 14.7. The number of halogens is 1. The summed E-state index contributed by atoms with van der Waals surface area (Å²) >= 11 is 6.02. The number of cyclic esters (lactones) is 1. The van der Waals surface area contributed by atoms with Gasteiger partial charge < -0.3 is 15.0 Å². The lowest BCUT2D eigenvalue weighted by Gasteiger charge is -2.21. The molecule has 1 fully saturated rings. The van der Waals surface area contributed by atoms with E-state index in [4.69, 9.17) is 16.3 Å². The molecular weight excluding hydrogens is 420 g/mol. The molecule has 1 aliphatic heterocycles. The molecule has 0 saturated carbocycles. The monoisotopic (exact) mass is 440 g/mol. The molecule has 9 nitrogen and oxygen atoms in total. The van der Waals surface area contributed by atoms with Crippen LogP contribution in [0.4, 0.5) is 16.2 Å². The maximum atomic E-state index is 12.9. The lowest BCUT2D eigenvalue weighted by Crippen LogP contribution is -2.33. The molecule has 1 aliphatic rings. The van der Waals surface area contributed by atoms with Crippen LogP contribution in [0.15, 0.2) is 35.3 Å². The van der Waals surface area contributed by atoms with Gasteiger partial charge >= 0.3 is 11.8 Å². The molecule has 3 heterocycles. The summed E-state index contributed by atoms with van der Waals surface area (Å²) in [6, 6.07) is 9.23. The molecule has 0 bridgehead atoms. The maximum Gasteiger partial charge on any atom is 0.410 e. The fraction of sp³-hybridized carbons (Fsp3) is 0.333.